The van der Waals surface area contributed by atoms with Crippen LogP contribution in [0.5, 0.6) is 0 Å². The first kappa shape index (κ1) is 12.7. The van der Waals surface area contributed by atoms with E-state index in [0.717, 1.165) is 6.42 Å². The molecule has 0 unspecified atom stereocenters. The minimum atomic E-state index is -3.62. The molecule has 0 saturated heterocycles. The summed E-state index contributed by atoms with van der Waals surface area (Å²) in [4.78, 5) is 3.78. The lowest BCUT2D eigenvalue weighted by Gasteiger charge is -2.24. The summed E-state index contributed by atoms with van der Waals surface area (Å²) in [6.07, 6.45) is 4.03. The second-order valence-electron chi connectivity index (χ2n) is 4.13. The predicted molar refractivity (Wildman–Crippen MR) is 66.1 cm³/mol. The van der Waals surface area contributed by atoms with Crippen LogP contribution < -0.4 is 0 Å². The van der Waals surface area contributed by atoms with Crippen LogP contribution in [0.1, 0.15) is 19.0 Å². The van der Waals surface area contributed by atoms with Gasteiger partial charge in [-0.05, 0) is 25.5 Å². The minimum Gasteiger partial charge on any atom is -0.244 e. The lowest BCUT2D eigenvalue weighted by atomic mass is 10.1. The van der Waals surface area contributed by atoms with Crippen LogP contribution in [0.2, 0.25) is 0 Å². The summed E-state index contributed by atoms with van der Waals surface area (Å²) >= 11 is 0. The Labute approximate surface area is 106 Å². The van der Waals surface area contributed by atoms with Gasteiger partial charge in [0.25, 0.3) is 0 Å². The number of sulfonamides is 1. The van der Waals surface area contributed by atoms with Crippen molar-refractivity contribution in [2.45, 2.75) is 18.2 Å². The van der Waals surface area contributed by atoms with Crippen LogP contribution in [-0.2, 0) is 10.0 Å². The van der Waals surface area contributed by atoms with Gasteiger partial charge in [0.05, 0.1) is 0 Å². The van der Waals surface area contributed by atoms with Gasteiger partial charge in [-0.1, -0.05) is 11.6 Å². The summed E-state index contributed by atoms with van der Waals surface area (Å²) in [5, 5.41) is 8.91. The Morgan fingerprint density at radius 3 is 2.89 bits per heavy atom. The van der Waals surface area contributed by atoms with E-state index in [-0.39, 0.29) is 10.6 Å². The van der Waals surface area contributed by atoms with Crippen LogP contribution in [-0.4, -0.2) is 30.8 Å². The first-order valence-corrected chi connectivity index (χ1v) is 7.00. The zero-order chi connectivity index (χ0) is 13.2. The van der Waals surface area contributed by atoms with Gasteiger partial charge in [0.1, 0.15) is 11.0 Å². The fourth-order valence-corrected chi connectivity index (χ4v) is 3.27. The molecule has 1 aliphatic rings. The van der Waals surface area contributed by atoms with Gasteiger partial charge in [-0.25, -0.2) is 13.4 Å². The molecule has 0 saturated carbocycles. The molecular weight excluding hydrogens is 250 g/mol. The lowest BCUT2D eigenvalue weighted by molar-refractivity contribution is 0.431. The van der Waals surface area contributed by atoms with E-state index in [1.54, 1.807) is 0 Å². The summed E-state index contributed by atoms with van der Waals surface area (Å²) in [7, 11) is -3.62. The fourth-order valence-electron chi connectivity index (χ4n) is 1.79. The lowest BCUT2D eigenvalue weighted by Crippen LogP contribution is -2.35. The van der Waals surface area contributed by atoms with Crippen molar-refractivity contribution < 1.29 is 8.42 Å². The molecule has 0 aromatic carbocycles. The second-order valence-corrected chi connectivity index (χ2v) is 6.03. The number of nitrogens with zero attached hydrogens (tertiary/aromatic N) is 3. The normalized spacial score (nSPS) is 17.0. The zero-order valence-corrected chi connectivity index (χ0v) is 10.8. The standard InChI is InChI=1S/C12H13N3O2S/c1-10-4-7-15(8-5-10)18(16,17)12-3-2-6-14-11(12)9-13/h2-4,6H,5,7-8H2,1H3. The molecule has 2 heterocycles. The Morgan fingerprint density at radius 2 is 2.28 bits per heavy atom. The average Bonchev–Trinajstić information content (AvgIpc) is 2.39. The molecule has 0 radical (unpaired) electrons. The number of hydrogen-bond acceptors (Lipinski definition) is 4. The predicted octanol–water partition coefficient (Wildman–Crippen LogP) is 1.29. The van der Waals surface area contributed by atoms with Crippen molar-refractivity contribution in [3.05, 3.63) is 35.7 Å². The summed E-state index contributed by atoms with van der Waals surface area (Å²) in [6.45, 7) is 2.78. The molecular formula is C12H13N3O2S. The van der Waals surface area contributed by atoms with Crippen LogP contribution in [0, 0.1) is 11.3 Å². The quantitative estimate of drug-likeness (QED) is 0.754. The number of hydrogen-bond donors (Lipinski definition) is 0. The van der Waals surface area contributed by atoms with E-state index >= 15 is 0 Å². The largest absolute Gasteiger partial charge is 0.246 e. The van der Waals surface area contributed by atoms with Crippen molar-refractivity contribution >= 4 is 10.0 Å². The van der Waals surface area contributed by atoms with Crippen molar-refractivity contribution in [2.75, 3.05) is 13.1 Å². The van der Waals surface area contributed by atoms with Gasteiger partial charge in [0.2, 0.25) is 10.0 Å². The molecule has 2 rings (SSSR count). The zero-order valence-electron chi connectivity index (χ0n) is 10.00. The molecule has 1 aliphatic heterocycles. The third-order valence-corrected chi connectivity index (χ3v) is 4.79. The monoisotopic (exact) mass is 263 g/mol. The van der Waals surface area contributed by atoms with Crippen LogP contribution >= 0.6 is 0 Å². The van der Waals surface area contributed by atoms with E-state index < -0.39 is 10.0 Å². The summed E-state index contributed by atoms with van der Waals surface area (Å²) in [5.74, 6) is 0. The molecule has 0 fully saturated rings. The van der Waals surface area contributed by atoms with Crippen LogP contribution in [0.25, 0.3) is 0 Å². The minimum absolute atomic E-state index is 0.0135. The Hall–Kier alpha value is -1.71. The summed E-state index contributed by atoms with van der Waals surface area (Å²) < 4.78 is 26.1. The molecule has 94 valence electrons. The number of rotatable bonds is 2. The van der Waals surface area contributed by atoms with Gasteiger partial charge in [0.15, 0.2) is 5.69 Å². The van der Waals surface area contributed by atoms with Gasteiger partial charge >= 0.3 is 0 Å². The molecule has 0 spiro atoms. The molecule has 18 heavy (non-hydrogen) atoms. The summed E-state index contributed by atoms with van der Waals surface area (Å²) in [5.41, 5.74) is 1.14. The van der Waals surface area contributed by atoms with Crippen LogP contribution in [0.3, 0.4) is 0 Å². The van der Waals surface area contributed by atoms with Gasteiger partial charge in [-0.15, -0.1) is 0 Å². The number of aromatic nitrogens is 1. The molecule has 0 atom stereocenters. The van der Waals surface area contributed by atoms with Crippen molar-refractivity contribution in [2.24, 2.45) is 0 Å². The van der Waals surface area contributed by atoms with Crippen molar-refractivity contribution in [3.63, 3.8) is 0 Å². The van der Waals surface area contributed by atoms with Crippen LogP contribution in [0.4, 0.5) is 0 Å². The highest BCUT2D eigenvalue weighted by Gasteiger charge is 2.28. The molecule has 0 aliphatic carbocycles. The van der Waals surface area contributed by atoms with Crippen LogP contribution in [0.15, 0.2) is 34.9 Å². The topological polar surface area (TPSA) is 74.1 Å². The number of pyridine rings is 1. The maximum absolute atomic E-state index is 12.4. The Bertz CT molecular complexity index is 629. The Kier molecular flexibility index (Phi) is 3.45. The first-order chi connectivity index (χ1) is 8.55. The Balaban J connectivity index is 2.41. The Morgan fingerprint density at radius 1 is 1.50 bits per heavy atom. The average molecular weight is 263 g/mol. The van der Waals surface area contributed by atoms with Crippen molar-refractivity contribution in [1.82, 2.24) is 9.29 Å². The van der Waals surface area contributed by atoms with Gasteiger partial charge in [0, 0.05) is 19.3 Å². The van der Waals surface area contributed by atoms with Gasteiger partial charge in [-0.2, -0.15) is 9.57 Å². The molecule has 6 heteroatoms. The smallest absolute Gasteiger partial charge is 0.244 e. The van der Waals surface area contributed by atoms with E-state index in [1.807, 2.05) is 19.1 Å². The maximum atomic E-state index is 12.4. The van der Waals surface area contributed by atoms with E-state index in [2.05, 4.69) is 4.98 Å². The molecule has 5 nitrogen and oxygen atoms in total. The maximum Gasteiger partial charge on any atom is 0.246 e. The van der Waals surface area contributed by atoms with Crippen molar-refractivity contribution in [3.8, 4) is 6.07 Å². The third kappa shape index (κ3) is 2.28. The third-order valence-electron chi connectivity index (χ3n) is 2.89. The summed E-state index contributed by atoms with van der Waals surface area (Å²) in [6, 6.07) is 4.77. The highest BCUT2D eigenvalue weighted by atomic mass is 32.2. The second kappa shape index (κ2) is 4.88. The van der Waals surface area contributed by atoms with E-state index in [0.29, 0.717) is 13.1 Å². The molecule has 0 bridgehead atoms. The van der Waals surface area contributed by atoms with E-state index in [1.165, 1.54) is 28.2 Å². The highest BCUT2D eigenvalue weighted by molar-refractivity contribution is 7.89. The van der Waals surface area contributed by atoms with E-state index in [4.69, 9.17) is 5.26 Å². The highest BCUT2D eigenvalue weighted by Crippen LogP contribution is 2.21. The van der Waals surface area contributed by atoms with Crippen molar-refractivity contribution in [1.29, 1.82) is 5.26 Å². The molecule has 1 aromatic rings. The number of nitriles is 1. The van der Waals surface area contributed by atoms with Gasteiger partial charge < -0.3 is 0 Å². The first-order valence-electron chi connectivity index (χ1n) is 5.56. The molecule has 1 aromatic heterocycles. The molecule has 0 N–H and O–H groups in total. The fraction of sp³-hybridized carbons (Fsp3) is 0.333. The SMILES string of the molecule is CC1=CCN(S(=O)(=O)c2cccnc2C#N)CC1. The van der Waals surface area contributed by atoms with E-state index in [9.17, 15) is 8.42 Å². The van der Waals surface area contributed by atoms with Gasteiger partial charge in [-0.3, -0.25) is 0 Å². The molecule has 0 amide bonds.